The molecule has 1 aromatic heterocycles. The first-order valence-corrected chi connectivity index (χ1v) is 6.23. The van der Waals surface area contributed by atoms with Crippen LogP contribution in [0.4, 0.5) is 0 Å². The molecule has 18 heavy (non-hydrogen) atoms. The molecule has 0 spiro atoms. The van der Waals surface area contributed by atoms with Gasteiger partial charge in [-0.25, -0.2) is 4.98 Å². The van der Waals surface area contributed by atoms with E-state index in [0.29, 0.717) is 17.1 Å². The highest BCUT2D eigenvalue weighted by atomic mass is 35.5. The van der Waals surface area contributed by atoms with Gasteiger partial charge in [-0.05, 0) is 25.0 Å². The molecular formula is C14H17ClN2O. The number of aromatic nitrogens is 1. The summed E-state index contributed by atoms with van der Waals surface area (Å²) in [6.07, 6.45) is 5.70. The first-order chi connectivity index (χ1) is 8.43. The largest absolute Gasteiger partial charge is 0.349 e. The second-order valence-electron chi connectivity index (χ2n) is 4.54. The lowest BCUT2D eigenvalue weighted by molar-refractivity contribution is 0.0940. The number of carbonyl (C=O) groups is 1. The van der Waals surface area contributed by atoms with Crippen LogP contribution < -0.4 is 5.32 Å². The van der Waals surface area contributed by atoms with Crippen LogP contribution in [0.25, 0.3) is 0 Å². The molecule has 3 nitrogen and oxygen atoms in total. The van der Waals surface area contributed by atoms with Crippen LogP contribution in [0.3, 0.4) is 0 Å². The molecule has 0 saturated heterocycles. The second-order valence-corrected chi connectivity index (χ2v) is 4.93. The molecule has 0 aliphatic rings. The van der Waals surface area contributed by atoms with Crippen molar-refractivity contribution in [2.24, 2.45) is 0 Å². The fourth-order valence-electron chi connectivity index (χ4n) is 1.48. The van der Waals surface area contributed by atoms with E-state index in [9.17, 15) is 4.79 Å². The zero-order chi connectivity index (χ0) is 13.7. The Morgan fingerprint density at radius 1 is 1.50 bits per heavy atom. The van der Waals surface area contributed by atoms with Crippen molar-refractivity contribution in [1.82, 2.24) is 10.3 Å². The van der Waals surface area contributed by atoms with E-state index in [2.05, 4.69) is 16.2 Å². The third kappa shape index (κ3) is 4.05. The Morgan fingerprint density at radius 2 is 2.17 bits per heavy atom. The van der Waals surface area contributed by atoms with Gasteiger partial charge in [0.2, 0.25) is 0 Å². The van der Waals surface area contributed by atoms with Gasteiger partial charge in [0, 0.05) is 23.7 Å². The molecule has 4 heteroatoms. The highest BCUT2D eigenvalue weighted by Crippen LogP contribution is 2.17. The Kier molecular flexibility index (Phi) is 5.18. The van der Waals surface area contributed by atoms with Gasteiger partial charge in [-0.15, -0.1) is 12.3 Å². The maximum absolute atomic E-state index is 12.0. The van der Waals surface area contributed by atoms with Gasteiger partial charge in [0.05, 0.1) is 0 Å². The van der Waals surface area contributed by atoms with Crippen LogP contribution >= 0.6 is 11.6 Å². The van der Waals surface area contributed by atoms with Crippen LogP contribution in [0.1, 0.15) is 49.2 Å². The molecule has 0 bridgehead atoms. The highest BCUT2D eigenvalue weighted by molar-refractivity contribution is 6.29. The van der Waals surface area contributed by atoms with E-state index in [-0.39, 0.29) is 17.9 Å². The molecule has 1 atom stereocenters. The summed E-state index contributed by atoms with van der Waals surface area (Å²) in [7, 11) is 0. The predicted octanol–water partition coefficient (Wildman–Crippen LogP) is 3.00. The van der Waals surface area contributed by atoms with Gasteiger partial charge >= 0.3 is 0 Å². The molecule has 1 N–H and O–H groups in total. The summed E-state index contributed by atoms with van der Waals surface area (Å²) in [5.74, 6) is 2.56. The minimum absolute atomic E-state index is 0.0584. The van der Waals surface area contributed by atoms with Gasteiger partial charge in [-0.3, -0.25) is 4.79 Å². The number of nitrogens with one attached hydrogen (secondary N) is 1. The van der Waals surface area contributed by atoms with Crippen LogP contribution in [0.5, 0.6) is 0 Å². The first-order valence-electron chi connectivity index (χ1n) is 5.85. The molecule has 0 fully saturated rings. The lowest BCUT2D eigenvalue weighted by atomic mass is 10.1. The summed E-state index contributed by atoms with van der Waals surface area (Å²) in [6.45, 7) is 5.87. The van der Waals surface area contributed by atoms with E-state index in [0.717, 1.165) is 5.69 Å². The van der Waals surface area contributed by atoms with Gasteiger partial charge in [-0.1, -0.05) is 25.4 Å². The van der Waals surface area contributed by atoms with Crippen LogP contribution in [0, 0.1) is 12.3 Å². The van der Waals surface area contributed by atoms with Crippen LogP contribution in [0.15, 0.2) is 12.1 Å². The lowest BCUT2D eigenvalue weighted by Crippen LogP contribution is -2.32. The monoisotopic (exact) mass is 264 g/mol. The molecule has 96 valence electrons. The van der Waals surface area contributed by atoms with Crippen molar-refractivity contribution in [2.45, 2.75) is 39.2 Å². The van der Waals surface area contributed by atoms with E-state index in [1.165, 1.54) is 0 Å². The minimum atomic E-state index is -0.177. The molecule has 1 aromatic rings. The van der Waals surface area contributed by atoms with Crippen LogP contribution in [-0.4, -0.2) is 16.9 Å². The number of nitrogens with zero attached hydrogens (tertiary/aromatic N) is 1. The Balaban J connectivity index is 2.89. The lowest BCUT2D eigenvalue weighted by Gasteiger charge is -2.12. The Morgan fingerprint density at radius 3 is 2.72 bits per heavy atom. The van der Waals surface area contributed by atoms with Crippen molar-refractivity contribution in [3.05, 3.63) is 28.5 Å². The fraction of sp³-hybridized carbons (Fsp3) is 0.429. The van der Waals surface area contributed by atoms with E-state index in [1.54, 1.807) is 12.1 Å². The maximum Gasteiger partial charge on any atom is 0.251 e. The van der Waals surface area contributed by atoms with Crippen molar-refractivity contribution >= 4 is 17.5 Å². The number of hydrogen-bond donors (Lipinski definition) is 1. The normalized spacial score (nSPS) is 12.0. The summed E-state index contributed by atoms with van der Waals surface area (Å²) in [4.78, 5) is 16.2. The number of terminal acetylenes is 1. The van der Waals surface area contributed by atoms with Crippen molar-refractivity contribution in [1.29, 1.82) is 0 Å². The SMILES string of the molecule is C#CCC(C)NC(=O)c1cc(Cl)nc(C(C)C)c1. The number of carbonyl (C=O) groups excluding carboxylic acids is 1. The molecule has 0 radical (unpaired) electrons. The average Bonchev–Trinajstić information content (AvgIpc) is 2.28. The smallest absolute Gasteiger partial charge is 0.251 e. The van der Waals surface area contributed by atoms with Gasteiger partial charge in [0.25, 0.3) is 5.91 Å². The maximum atomic E-state index is 12.0. The van der Waals surface area contributed by atoms with Gasteiger partial charge < -0.3 is 5.32 Å². The Labute approximate surface area is 113 Å². The summed E-state index contributed by atoms with van der Waals surface area (Å²) in [5, 5.41) is 3.15. The van der Waals surface area contributed by atoms with Crippen molar-refractivity contribution in [3.63, 3.8) is 0 Å². The number of pyridine rings is 1. The Bertz CT molecular complexity index is 477. The number of halogens is 1. The molecule has 0 aromatic carbocycles. The van der Waals surface area contributed by atoms with Gasteiger partial charge in [0.15, 0.2) is 0 Å². The van der Waals surface area contributed by atoms with Crippen molar-refractivity contribution < 1.29 is 4.79 Å². The average molecular weight is 265 g/mol. The topological polar surface area (TPSA) is 42.0 Å². The predicted molar refractivity (Wildman–Crippen MR) is 73.7 cm³/mol. The molecule has 1 unspecified atom stereocenters. The fourth-order valence-corrected chi connectivity index (χ4v) is 1.69. The first kappa shape index (κ1) is 14.5. The summed E-state index contributed by atoms with van der Waals surface area (Å²) in [6, 6.07) is 3.26. The number of rotatable bonds is 4. The van der Waals surface area contributed by atoms with Crippen molar-refractivity contribution in [3.8, 4) is 12.3 Å². The molecule has 1 heterocycles. The molecular weight excluding hydrogens is 248 g/mol. The van der Waals surface area contributed by atoms with Crippen LogP contribution in [-0.2, 0) is 0 Å². The zero-order valence-electron chi connectivity index (χ0n) is 10.8. The van der Waals surface area contributed by atoms with Gasteiger partial charge in [0.1, 0.15) is 5.15 Å². The molecule has 0 aliphatic carbocycles. The summed E-state index contributed by atoms with van der Waals surface area (Å²) >= 11 is 5.91. The molecule has 0 saturated carbocycles. The highest BCUT2D eigenvalue weighted by Gasteiger charge is 2.12. The summed E-state index contributed by atoms with van der Waals surface area (Å²) in [5.41, 5.74) is 1.32. The zero-order valence-corrected chi connectivity index (χ0v) is 11.6. The quantitative estimate of drug-likeness (QED) is 0.671. The summed E-state index contributed by atoms with van der Waals surface area (Å²) < 4.78 is 0. The third-order valence-corrected chi connectivity index (χ3v) is 2.66. The third-order valence-electron chi connectivity index (χ3n) is 2.47. The van der Waals surface area contributed by atoms with E-state index in [4.69, 9.17) is 18.0 Å². The van der Waals surface area contributed by atoms with Crippen LogP contribution in [0.2, 0.25) is 5.15 Å². The van der Waals surface area contributed by atoms with Crippen molar-refractivity contribution in [2.75, 3.05) is 0 Å². The minimum Gasteiger partial charge on any atom is -0.349 e. The molecule has 0 aliphatic heterocycles. The number of hydrogen-bond acceptors (Lipinski definition) is 2. The molecule has 1 amide bonds. The standard InChI is InChI=1S/C14H17ClN2O/c1-5-6-10(4)16-14(18)11-7-12(9(2)3)17-13(15)8-11/h1,7-10H,6H2,2-4H3,(H,16,18). The molecule has 1 rings (SSSR count). The van der Waals surface area contributed by atoms with E-state index < -0.39 is 0 Å². The second kappa shape index (κ2) is 6.42. The van der Waals surface area contributed by atoms with E-state index in [1.807, 2.05) is 20.8 Å². The number of amides is 1. The van der Waals surface area contributed by atoms with Gasteiger partial charge in [-0.2, -0.15) is 0 Å². The Hall–Kier alpha value is -1.53. The van der Waals surface area contributed by atoms with E-state index >= 15 is 0 Å².